The van der Waals surface area contributed by atoms with Gasteiger partial charge in [-0.05, 0) is 49.3 Å². The number of rotatable bonds is 7. The first kappa shape index (κ1) is 17.6. The molecule has 4 rings (SSSR count). The first-order valence-corrected chi connectivity index (χ1v) is 10.8. The van der Waals surface area contributed by atoms with Gasteiger partial charge in [0.15, 0.2) is 5.13 Å². The van der Waals surface area contributed by atoms with Crippen molar-refractivity contribution in [2.24, 2.45) is 0 Å². The molecule has 1 aliphatic heterocycles. The number of hydrogen-bond donors (Lipinski definition) is 0. The number of hydrogen-bond acceptors (Lipinski definition) is 5. The lowest BCUT2D eigenvalue weighted by Gasteiger charge is -2.23. The molecule has 1 amide bonds. The quantitative estimate of drug-likeness (QED) is 0.580. The molecule has 26 heavy (non-hydrogen) atoms. The Morgan fingerprint density at radius 2 is 2.19 bits per heavy atom. The van der Waals surface area contributed by atoms with Crippen molar-refractivity contribution in [1.29, 1.82) is 0 Å². The standard InChI is InChI=1S/C20H22N2O2S2/c23-19(11-3-7-16-8-5-13-25-16)22(14-15-6-4-12-24-15)20-21-17-9-1-2-10-18(17)26-20/h1-2,5,8-10,13,15H,3-4,6-7,11-12,14H2/t15-/m1/s1. The summed E-state index contributed by atoms with van der Waals surface area (Å²) in [5.74, 6) is 0.149. The van der Waals surface area contributed by atoms with Crippen molar-refractivity contribution in [2.75, 3.05) is 18.1 Å². The van der Waals surface area contributed by atoms with E-state index in [-0.39, 0.29) is 12.0 Å². The van der Waals surface area contributed by atoms with E-state index < -0.39 is 0 Å². The van der Waals surface area contributed by atoms with Gasteiger partial charge in [0.05, 0.1) is 22.9 Å². The zero-order valence-electron chi connectivity index (χ0n) is 14.6. The number of ether oxygens (including phenoxy) is 1. The fourth-order valence-electron chi connectivity index (χ4n) is 3.26. The van der Waals surface area contributed by atoms with E-state index in [9.17, 15) is 4.79 Å². The lowest BCUT2D eigenvalue weighted by molar-refractivity contribution is -0.119. The summed E-state index contributed by atoms with van der Waals surface area (Å²) in [6.07, 6.45) is 4.58. The van der Waals surface area contributed by atoms with Crippen LogP contribution in [0.5, 0.6) is 0 Å². The Morgan fingerprint density at radius 3 is 2.96 bits per heavy atom. The molecular formula is C20H22N2O2S2. The number of amides is 1. The molecule has 0 N–H and O–H groups in total. The molecule has 3 heterocycles. The van der Waals surface area contributed by atoms with Gasteiger partial charge in [0, 0.05) is 17.9 Å². The fourth-order valence-corrected chi connectivity index (χ4v) is 5.00. The first-order chi connectivity index (χ1) is 12.8. The van der Waals surface area contributed by atoms with Crippen molar-refractivity contribution in [2.45, 2.75) is 38.2 Å². The molecular weight excluding hydrogens is 364 g/mol. The SMILES string of the molecule is O=C(CCCc1cccs1)N(C[C@H]1CCCO1)c1nc2ccccc2s1. The molecule has 1 saturated heterocycles. The highest BCUT2D eigenvalue weighted by molar-refractivity contribution is 7.22. The van der Waals surface area contributed by atoms with Gasteiger partial charge in [0.1, 0.15) is 0 Å². The molecule has 1 aromatic carbocycles. The van der Waals surface area contributed by atoms with Crippen molar-refractivity contribution < 1.29 is 9.53 Å². The number of aryl methyl sites for hydroxylation is 1. The predicted molar refractivity (Wildman–Crippen MR) is 108 cm³/mol. The van der Waals surface area contributed by atoms with Gasteiger partial charge in [0.2, 0.25) is 5.91 Å². The number of aromatic nitrogens is 1. The van der Waals surface area contributed by atoms with Gasteiger partial charge in [-0.25, -0.2) is 4.98 Å². The molecule has 0 unspecified atom stereocenters. The summed E-state index contributed by atoms with van der Waals surface area (Å²) in [6, 6.07) is 12.2. The Hall–Kier alpha value is -1.76. The number of nitrogens with zero attached hydrogens (tertiary/aromatic N) is 2. The molecule has 3 aromatic rings. The molecule has 1 aliphatic rings. The molecule has 136 valence electrons. The average molecular weight is 387 g/mol. The highest BCUT2D eigenvalue weighted by Gasteiger charge is 2.25. The third kappa shape index (κ3) is 4.14. The lowest BCUT2D eigenvalue weighted by Crippen LogP contribution is -2.37. The summed E-state index contributed by atoms with van der Waals surface area (Å²) < 4.78 is 6.89. The van der Waals surface area contributed by atoms with Gasteiger partial charge in [-0.3, -0.25) is 9.69 Å². The topological polar surface area (TPSA) is 42.4 Å². The summed E-state index contributed by atoms with van der Waals surface area (Å²) >= 11 is 3.34. The molecule has 2 aromatic heterocycles. The zero-order valence-corrected chi connectivity index (χ0v) is 16.2. The number of thiazole rings is 1. The number of thiophene rings is 1. The van der Waals surface area contributed by atoms with Crippen molar-refractivity contribution in [3.05, 3.63) is 46.7 Å². The van der Waals surface area contributed by atoms with E-state index in [1.54, 1.807) is 22.7 Å². The second kappa shape index (κ2) is 8.29. The van der Waals surface area contributed by atoms with Gasteiger partial charge >= 0.3 is 0 Å². The molecule has 1 fully saturated rings. The van der Waals surface area contributed by atoms with Gasteiger partial charge in [-0.1, -0.05) is 29.5 Å². The highest BCUT2D eigenvalue weighted by Crippen LogP contribution is 2.30. The summed E-state index contributed by atoms with van der Waals surface area (Å²) in [5, 5.41) is 2.88. The van der Waals surface area contributed by atoms with E-state index in [0.717, 1.165) is 47.6 Å². The second-order valence-corrected chi connectivity index (χ2v) is 8.58. The minimum absolute atomic E-state index is 0.128. The van der Waals surface area contributed by atoms with Gasteiger partial charge in [-0.2, -0.15) is 0 Å². The molecule has 0 bridgehead atoms. The van der Waals surface area contributed by atoms with Crippen LogP contribution in [0.3, 0.4) is 0 Å². The minimum Gasteiger partial charge on any atom is -0.376 e. The van der Waals surface area contributed by atoms with Gasteiger partial charge in [-0.15, -0.1) is 11.3 Å². The molecule has 0 spiro atoms. The van der Waals surface area contributed by atoms with Crippen LogP contribution in [0.15, 0.2) is 41.8 Å². The van der Waals surface area contributed by atoms with Gasteiger partial charge < -0.3 is 4.74 Å². The van der Waals surface area contributed by atoms with Crippen molar-refractivity contribution in [3.8, 4) is 0 Å². The number of anilines is 1. The minimum atomic E-state index is 0.128. The first-order valence-electron chi connectivity index (χ1n) is 9.09. The number of benzene rings is 1. The molecule has 0 aliphatic carbocycles. The molecule has 0 saturated carbocycles. The Morgan fingerprint density at radius 1 is 1.27 bits per heavy atom. The molecule has 4 nitrogen and oxygen atoms in total. The maximum atomic E-state index is 13.0. The number of fused-ring (bicyclic) bond motifs is 1. The van der Waals surface area contributed by atoms with E-state index in [1.165, 1.54) is 4.88 Å². The number of para-hydroxylation sites is 1. The zero-order chi connectivity index (χ0) is 17.8. The maximum absolute atomic E-state index is 13.0. The molecule has 6 heteroatoms. The normalized spacial score (nSPS) is 17.0. The number of carbonyl (C=O) groups is 1. The summed E-state index contributed by atoms with van der Waals surface area (Å²) in [6.45, 7) is 1.41. The Balaban J connectivity index is 1.48. The van der Waals surface area contributed by atoms with Crippen LogP contribution in [0.2, 0.25) is 0 Å². The van der Waals surface area contributed by atoms with Crippen molar-refractivity contribution in [1.82, 2.24) is 4.98 Å². The smallest absolute Gasteiger partial charge is 0.228 e. The van der Waals surface area contributed by atoms with Crippen LogP contribution in [0.1, 0.15) is 30.6 Å². The summed E-state index contributed by atoms with van der Waals surface area (Å²) in [7, 11) is 0. The van der Waals surface area contributed by atoms with Crippen LogP contribution < -0.4 is 4.90 Å². The molecule has 0 radical (unpaired) electrons. The van der Waals surface area contributed by atoms with E-state index in [4.69, 9.17) is 9.72 Å². The Kier molecular flexibility index (Phi) is 5.62. The van der Waals surface area contributed by atoms with Crippen LogP contribution in [0.4, 0.5) is 5.13 Å². The van der Waals surface area contributed by atoms with Gasteiger partial charge in [0.25, 0.3) is 0 Å². The Labute approximate surface area is 161 Å². The number of carbonyl (C=O) groups excluding carboxylic acids is 1. The Bertz CT molecular complexity index is 821. The fraction of sp³-hybridized carbons (Fsp3) is 0.400. The average Bonchev–Trinajstić information content (AvgIpc) is 3.40. The molecule has 1 atom stereocenters. The predicted octanol–water partition coefficient (Wildman–Crippen LogP) is 4.89. The largest absolute Gasteiger partial charge is 0.376 e. The highest BCUT2D eigenvalue weighted by atomic mass is 32.1. The van der Waals surface area contributed by atoms with Crippen LogP contribution in [-0.4, -0.2) is 30.1 Å². The van der Waals surface area contributed by atoms with E-state index in [0.29, 0.717) is 13.0 Å². The van der Waals surface area contributed by atoms with Crippen molar-refractivity contribution in [3.63, 3.8) is 0 Å². The van der Waals surface area contributed by atoms with Crippen LogP contribution in [0, 0.1) is 0 Å². The summed E-state index contributed by atoms with van der Waals surface area (Å²) in [5.41, 5.74) is 0.955. The second-order valence-electron chi connectivity index (χ2n) is 6.54. The van der Waals surface area contributed by atoms with Crippen LogP contribution in [-0.2, 0) is 16.0 Å². The van der Waals surface area contributed by atoms with E-state index >= 15 is 0 Å². The van der Waals surface area contributed by atoms with Crippen molar-refractivity contribution >= 4 is 43.9 Å². The van der Waals surface area contributed by atoms with E-state index in [1.807, 2.05) is 23.1 Å². The van der Waals surface area contributed by atoms with Crippen LogP contribution >= 0.6 is 22.7 Å². The third-order valence-corrected chi connectivity index (χ3v) is 6.61. The van der Waals surface area contributed by atoms with Crippen LogP contribution in [0.25, 0.3) is 10.2 Å². The monoisotopic (exact) mass is 386 g/mol. The summed E-state index contributed by atoms with van der Waals surface area (Å²) in [4.78, 5) is 20.9. The third-order valence-electron chi connectivity index (χ3n) is 4.62. The van der Waals surface area contributed by atoms with E-state index in [2.05, 4.69) is 23.6 Å². The lowest BCUT2D eigenvalue weighted by atomic mass is 10.2. The maximum Gasteiger partial charge on any atom is 0.228 e.